The molecule has 0 fully saturated rings. The van der Waals surface area contributed by atoms with Gasteiger partial charge in [-0.1, -0.05) is 18.2 Å². The van der Waals surface area contributed by atoms with Crippen molar-refractivity contribution in [1.29, 1.82) is 0 Å². The summed E-state index contributed by atoms with van der Waals surface area (Å²) in [7, 11) is 0. The molecule has 0 atom stereocenters. The van der Waals surface area contributed by atoms with Gasteiger partial charge >= 0.3 is 0 Å². The highest BCUT2D eigenvalue weighted by Crippen LogP contribution is 2.23. The molecule has 1 heterocycles. The molecule has 0 saturated heterocycles. The third-order valence-electron chi connectivity index (χ3n) is 1.98. The zero-order valence-electron chi connectivity index (χ0n) is 7.81. The average molecular weight is 202 g/mol. The fourth-order valence-corrected chi connectivity index (χ4v) is 1.57. The van der Waals surface area contributed by atoms with Crippen molar-refractivity contribution < 1.29 is 0 Å². The Labute approximate surface area is 88.4 Å². The van der Waals surface area contributed by atoms with Crippen molar-refractivity contribution in [3.05, 3.63) is 42.4 Å². The van der Waals surface area contributed by atoms with E-state index in [2.05, 4.69) is 22.6 Å². The van der Waals surface area contributed by atoms with Crippen LogP contribution in [0.4, 0.5) is 0 Å². The molecule has 2 aromatic rings. The number of aromatic nitrogens is 2. The fourth-order valence-electron chi connectivity index (χ4n) is 1.29. The topological polar surface area (TPSA) is 25.8 Å². The first-order chi connectivity index (χ1) is 6.77. The van der Waals surface area contributed by atoms with Crippen molar-refractivity contribution in [2.75, 3.05) is 0 Å². The molecule has 0 bridgehead atoms. The Hall–Kier alpha value is -1.35. The molecule has 0 aliphatic carbocycles. The molecule has 70 valence electrons. The van der Waals surface area contributed by atoms with Gasteiger partial charge in [0.2, 0.25) is 0 Å². The zero-order chi connectivity index (χ0) is 9.97. The molecule has 0 aliphatic rings. The lowest BCUT2D eigenvalue weighted by molar-refractivity contribution is 1.10. The van der Waals surface area contributed by atoms with Gasteiger partial charge in [-0.05, 0) is 19.1 Å². The van der Waals surface area contributed by atoms with Gasteiger partial charge in [0.1, 0.15) is 6.33 Å². The molecule has 0 aliphatic heterocycles. The fraction of sp³-hybridized carbons (Fsp3) is 0.0909. The minimum absolute atomic E-state index is 0.920. The molecule has 2 rings (SSSR count). The lowest BCUT2D eigenvalue weighted by atomic mass is 10.1. The minimum Gasteiger partial charge on any atom is -0.242 e. The second-order valence-electron chi connectivity index (χ2n) is 3.06. The number of benzene rings is 1. The standard InChI is InChI=1S/C11H10N2S/c1-8-6-10(13-7-12-8)9-4-2-3-5-11(9)14/h2-7,14H,1H3. The van der Waals surface area contributed by atoms with Crippen LogP contribution in [0.3, 0.4) is 0 Å². The first kappa shape index (κ1) is 9.21. The monoisotopic (exact) mass is 202 g/mol. The second-order valence-corrected chi connectivity index (χ2v) is 3.54. The minimum atomic E-state index is 0.920. The van der Waals surface area contributed by atoms with Crippen LogP contribution in [-0.2, 0) is 0 Å². The van der Waals surface area contributed by atoms with E-state index in [0.717, 1.165) is 21.8 Å². The average Bonchev–Trinajstić information content (AvgIpc) is 2.18. The van der Waals surface area contributed by atoms with Crippen molar-refractivity contribution >= 4 is 12.6 Å². The Morgan fingerprint density at radius 3 is 2.64 bits per heavy atom. The van der Waals surface area contributed by atoms with Crippen molar-refractivity contribution in [2.45, 2.75) is 11.8 Å². The molecule has 3 heteroatoms. The first-order valence-corrected chi connectivity index (χ1v) is 4.79. The van der Waals surface area contributed by atoms with Crippen LogP contribution in [-0.4, -0.2) is 9.97 Å². The molecule has 2 nitrogen and oxygen atoms in total. The van der Waals surface area contributed by atoms with E-state index in [0.29, 0.717) is 0 Å². The molecule has 0 amide bonds. The van der Waals surface area contributed by atoms with Gasteiger partial charge in [0.15, 0.2) is 0 Å². The van der Waals surface area contributed by atoms with Crippen LogP contribution in [0.25, 0.3) is 11.3 Å². The van der Waals surface area contributed by atoms with Crippen LogP contribution in [0.15, 0.2) is 41.6 Å². The Bertz CT molecular complexity index is 455. The highest BCUT2D eigenvalue weighted by atomic mass is 32.1. The smallest absolute Gasteiger partial charge is 0.116 e. The first-order valence-electron chi connectivity index (χ1n) is 4.34. The highest BCUT2D eigenvalue weighted by Gasteiger charge is 2.02. The van der Waals surface area contributed by atoms with E-state index < -0.39 is 0 Å². The van der Waals surface area contributed by atoms with Crippen molar-refractivity contribution in [1.82, 2.24) is 9.97 Å². The zero-order valence-corrected chi connectivity index (χ0v) is 8.70. The highest BCUT2D eigenvalue weighted by molar-refractivity contribution is 7.80. The van der Waals surface area contributed by atoms with Crippen LogP contribution < -0.4 is 0 Å². The van der Waals surface area contributed by atoms with Gasteiger partial charge < -0.3 is 0 Å². The van der Waals surface area contributed by atoms with E-state index in [1.807, 2.05) is 37.3 Å². The van der Waals surface area contributed by atoms with Gasteiger partial charge in [-0.3, -0.25) is 0 Å². The second kappa shape index (κ2) is 3.80. The summed E-state index contributed by atoms with van der Waals surface area (Å²) in [6, 6.07) is 9.85. The molecular weight excluding hydrogens is 192 g/mol. The predicted octanol–water partition coefficient (Wildman–Crippen LogP) is 2.74. The molecule has 1 aromatic carbocycles. The predicted molar refractivity (Wildman–Crippen MR) is 59.5 cm³/mol. The number of hydrogen-bond donors (Lipinski definition) is 1. The summed E-state index contributed by atoms with van der Waals surface area (Å²) in [6.45, 7) is 1.95. The van der Waals surface area contributed by atoms with Gasteiger partial charge in [0.05, 0.1) is 5.69 Å². The molecule has 0 unspecified atom stereocenters. The van der Waals surface area contributed by atoms with E-state index in [1.54, 1.807) is 6.33 Å². The van der Waals surface area contributed by atoms with Crippen LogP contribution in [0, 0.1) is 6.92 Å². The number of thiol groups is 1. The van der Waals surface area contributed by atoms with E-state index in [9.17, 15) is 0 Å². The van der Waals surface area contributed by atoms with Gasteiger partial charge in [-0.2, -0.15) is 0 Å². The van der Waals surface area contributed by atoms with Gasteiger partial charge in [0, 0.05) is 16.2 Å². The number of nitrogens with zero attached hydrogens (tertiary/aromatic N) is 2. The Morgan fingerprint density at radius 1 is 1.14 bits per heavy atom. The van der Waals surface area contributed by atoms with Crippen LogP contribution >= 0.6 is 12.6 Å². The summed E-state index contributed by atoms with van der Waals surface area (Å²) in [6.07, 6.45) is 1.57. The summed E-state index contributed by atoms with van der Waals surface area (Å²) < 4.78 is 0. The Kier molecular flexibility index (Phi) is 2.50. The van der Waals surface area contributed by atoms with Crippen LogP contribution in [0.1, 0.15) is 5.69 Å². The van der Waals surface area contributed by atoms with Gasteiger partial charge in [0.25, 0.3) is 0 Å². The van der Waals surface area contributed by atoms with Crippen molar-refractivity contribution in [3.63, 3.8) is 0 Å². The number of hydrogen-bond acceptors (Lipinski definition) is 3. The van der Waals surface area contributed by atoms with E-state index in [4.69, 9.17) is 0 Å². The maximum Gasteiger partial charge on any atom is 0.116 e. The van der Waals surface area contributed by atoms with Gasteiger partial charge in [-0.15, -0.1) is 12.6 Å². The third-order valence-corrected chi connectivity index (χ3v) is 2.37. The molecule has 0 spiro atoms. The molecule has 1 aromatic heterocycles. The number of rotatable bonds is 1. The summed E-state index contributed by atoms with van der Waals surface area (Å²) in [5, 5.41) is 0. The third kappa shape index (κ3) is 1.77. The van der Waals surface area contributed by atoms with Crippen molar-refractivity contribution in [2.24, 2.45) is 0 Å². The molecule has 0 saturated carbocycles. The molecular formula is C11H10N2S. The normalized spacial score (nSPS) is 10.1. The molecule has 0 N–H and O–H groups in total. The van der Waals surface area contributed by atoms with E-state index in [-0.39, 0.29) is 0 Å². The van der Waals surface area contributed by atoms with Crippen LogP contribution in [0.2, 0.25) is 0 Å². The maximum absolute atomic E-state index is 4.38. The van der Waals surface area contributed by atoms with E-state index in [1.165, 1.54) is 0 Å². The van der Waals surface area contributed by atoms with Crippen LogP contribution in [0.5, 0.6) is 0 Å². The number of aryl methyl sites for hydroxylation is 1. The lowest BCUT2D eigenvalue weighted by Gasteiger charge is -2.03. The SMILES string of the molecule is Cc1cc(-c2ccccc2S)ncn1. The summed E-state index contributed by atoms with van der Waals surface area (Å²) in [4.78, 5) is 9.21. The summed E-state index contributed by atoms with van der Waals surface area (Å²) in [5.74, 6) is 0. The summed E-state index contributed by atoms with van der Waals surface area (Å²) >= 11 is 4.38. The Morgan fingerprint density at radius 2 is 1.93 bits per heavy atom. The molecule has 14 heavy (non-hydrogen) atoms. The lowest BCUT2D eigenvalue weighted by Crippen LogP contribution is -1.88. The largest absolute Gasteiger partial charge is 0.242 e. The summed E-state index contributed by atoms with van der Waals surface area (Å²) in [5.41, 5.74) is 2.93. The quantitative estimate of drug-likeness (QED) is 0.719. The van der Waals surface area contributed by atoms with Crippen molar-refractivity contribution in [3.8, 4) is 11.3 Å². The molecule has 0 radical (unpaired) electrons. The Balaban J connectivity index is 2.55. The van der Waals surface area contributed by atoms with Gasteiger partial charge in [-0.25, -0.2) is 9.97 Å². The van der Waals surface area contributed by atoms with E-state index >= 15 is 0 Å². The maximum atomic E-state index is 4.38.